The van der Waals surface area contributed by atoms with Gasteiger partial charge in [-0.25, -0.2) is 4.79 Å². The average Bonchev–Trinajstić information content (AvgIpc) is 3.01. The first kappa shape index (κ1) is 15.6. The maximum atomic E-state index is 12.5. The molecule has 0 aliphatic heterocycles. The second kappa shape index (κ2) is 6.75. The summed E-state index contributed by atoms with van der Waals surface area (Å²) >= 11 is 0. The standard InChI is InChI=1S/C15H16N2O5/c1-10(15(19)20)17(9-11-6-4-3-5-7-11)14(18)12-8-13(21-2)16-22-12/h3-8,10H,9H2,1-2H3,(H,19,20). The Balaban J connectivity index is 2.27. The van der Waals surface area contributed by atoms with Crippen molar-refractivity contribution in [2.24, 2.45) is 0 Å². The van der Waals surface area contributed by atoms with Crippen LogP contribution in [-0.2, 0) is 11.3 Å². The highest BCUT2D eigenvalue weighted by atomic mass is 16.5. The van der Waals surface area contributed by atoms with Crippen molar-refractivity contribution in [2.75, 3.05) is 7.11 Å². The van der Waals surface area contributed by atoms with E-state index in [0.29, 0.717) is 0 Å². The third-order valence-electron chi connectivity index (χ3n) is 3.19. The minimum atomic E-state index is -1.10. The molecule has 1 amide bonds. The molecule has 1 atom stereocenters. The number of carbonyl (C=O) groups excluding carboxylic acids is 1. The maximum Gasteiger partial charge on any atom is 0.326 e. The van der Waals surface area contributed by atoms with E-state index in [2.05, 4.69) is 5.16 Å². The number of hydrogen-bond donors (Lipinski definition) is 1. The lowest BCUT2D eigenvalue weighted by molar-refractivity contribution is -0.141. The third kappa shape index (κ3) is 3.43. The van der Waals surface area contributed by atoms with Crippen LogP contribution in [-0.4, -0.2) is 40.2 Å². The van der Waals surface area contributed by atoms with Crippen LogP contribution in [0.4, 0.5) is 0 Å². The minimum Gasteiger partial charge on any atom is -0.480 e. The molecule has 1 unspecified atom stereocenters. The number of aliphatic carboxylic acids is 1. The van der Waals surface area contributed by atoms with Crippen LogP contribution in [0.5, 0.6) is 5.88 Å². The smallest absolute Gasteiger partial charge is 0.326 e. The topological polar surface area (TPSA) is 92.9 Å². The number of carboxylic acids is 1. The highest BCUT2D eigenvalue weighted by Gasteiger charge is 2.29. The van der Waals surface area contributed by atoms with Crippen LogP contribution in [0.2, 0.25) is 0 Å². The lowest BCUT2D eigenvalue weighted by atomic mass is 10.1. The van der Waals surface area contributed by atoms with Gasteiger partial charge in [0, 0.05) is 6.54 Å². The number of methoxy groups -OCH3 is 1. The summed E-state index contributed by atoms with van der Waals surface area (Å²) in [4.78, 5) is 25.0. The highest BCUT2D eigenvalue weighted by Crippen LogP contribution is 2.17. The number of rotatable bonds is 6. The van der Waals surface area contributed by atoms with Gasteiger partial charge in [0.1, 0.15) is 6.04 Å². The average molecular weight is 304 g/mol. The molecule has 0 fully saturated rings. The molecule has 0 radical (unpaired) electrons. The quantitative estimate of drug-likeness (QED) is 0.874. The zero-order chi connectivity index (χ0) is 16.1. The number of amides is 1. The minimum absolute atomic E-state index is 0.0686. The van der Waals surface area contributed by atoms with Gasteiger partial charge < -0.3 is 19.3 Å². The molecule has 0 aliphatic rings. The zero-order valence-electron chi connectivity index (χ0n) is 12.2. The molecule has 1 aromatic heterocycles. The molecule has 0 saturated heterocycles. The van der Waals surface area contributed by atoms with Crippen LogP contribution in [0.1, 0.15) is 23.0 Å². The van der Waals surface area contributed by atoms with Gasteiger partial charge in [-0.3, -0.25) is 4.79 Å². The third-order valence-corrected chi connectivity index (χ3v) is 3.19. The van der Waals surface area contributed by atoms with E-state index in [0.717, 1.165) is 5.56 Å². The SMILES string of the molecule is COc1cc(C(=O)N(Cc2ccccc2)C(C)C(=O)O)on1. The molecule has 2 aromatic rings. The molecule has 7 heteroatoms. The largest absolute Gasteiger partial charge is 0.480 e. The molecule has 0 saturated carbocycles. The van der Waals surface area contributed by atoms with E-state index in [-0.39, 0.29) is 18.2 Å². The van der Waals surface area contributed by atoms with Gasteiger partial charge in [-0.1, -0.05) is 30.3 Å². The summed E-state index contributed by atoms with van der Waals surface area (Å²) in [6.07, 6.45) is 0. The summed E-state index contributed by atoms with van der Waals surface area (Å²) in [6.45, 7) is 1.59. The summed E-state index contributed by atoms with van der Waals surface area (Å²) in [6, 6.07) is 9.43. The van der Waals surface area contributed by atoms with Crippen molar-refractivity contribution in [3.63, 3.8) is 0 Å². The molecule has 2 rings (SSSR count). The van der Waals surface area contributed by atoms with Gasteiger partial charge in [0.05, 0.1) is 13.2 Å². The van der Waals surface area contributed by atoms with E-state index in [1.807, 2.05) is 30.3 Å². The van der Waals surface area contributed by atoms with Crippen LogP contribution >= 0.6 is 0 Å². The first-order valence-corrected chi connectivity index (χ1v) is 6.61. The van der Waals surface area contributed by atoms with E-state index in [9.17, 15) is 14.7 Å². The van der Waals surface area contributed by atoms with Gasteiger partial charge in [-0.05, 0) is 17.6 Å². The predicted molar refractivity (Wildman–Crippen MR) is 76.5 cm³/mol. The van der Waals surface area contributed by atoms with Crippen molar-refractivity contribution in [1.82, 2.24) is 10.1 Å². The molecule has 1 heterocycles. The Bertz CT molecular complexity index is 653. The van der Waals surface area contributed by atoms with Crippen molar-refractivity contribution in [3.05, 3.63) is 47.7 Å². The van der Waals surface area contributed by atoms with Crippen LogP contribution in [0, 0.1) is 0 Å². The van der Waals surface area contributed by atoms with Crippen molar-refractivity contribution >= 4 is 11.9 Å². The molecule has 1 aromatic carbocycles. The number of hydrogen-bond acceptors (Lipinski definition) is 5. The Morgan fingerprint density at radius 1 is 1.36 bits per heavy atom. The first-order valence-electron chi connectivity index (χ1n) is 6.61. The number of ether oxygens (including phenoxy) is 1. The molecule has 0 bridgehead atoms. The predicted octanol–water partition coefficient (Wildman–Crippen LogP) is 1.80. The summed E-state index contributed by atoms with van der Waals surface area (Å²) in [7, 11) is 1.40. The second-order valence-electron chi connectivity index (χ2n) is 4.67. The number of benzene rings is 1. The van der Waals surface area contributed by atoms with Crippen molar-refractivity contribution < 1.29 is 24.0 Å². The lowest BCUT2D eigenvalue weighted by Crippen LogP contribution is -2.42. The molecule has 116 valence electrons. The summed E-state index contributed by atoms with van der Waals surface area (Å²) < 4.78 is 9.77. The first-order chi connectivity index (χ1) is 10.5. The zero-order valence-corrected chi connectivity index (χ0v) is 12.2. The fourth-order valence-corrected chi connectivity index (χ4v) is 1.90. The summed E-state index contributed by atoms with van der Waals surface area (Å²) in [5.74, 6) is -1.57. The Morgan fingerprint density at radius 2 is 2.05 bits per heavy atom. The normalized spacial score (nSPS) is 11.7. The van der Waals surface area contributed by atoms with Gasteiger partial charge in [0.25, 0.3) is 11.8 Å². The van der Waals surface area contributed by atoms with E-state index < -0.39 is 17.9 Å². The Morgan fingerprint density at radius 3 is 2.59 bits per heavy atom. The van der Waals surface area contributed by atoms with Gasteiger partial charge in [-0.2, -0.15) is 0 Å². The summed E-state index contributed by atoms with van der Waals surface area (Å²) in [5, 5.41) is 12.8. The van der Waals surface area contributed by atoms with E-state index in [4.69, 9.17) is 9.26 Å². The van der Waals surface area contributed by atoms with E-state index in [1.54, 1.807) is 0 Å². The fourth-order valence-electron chi connectivity index (χ4n) is 1.90. The Hall–Kier alpha value is -2.83. The van der Waals surface area contributed by atoms with Gasteiger partial charge in [-0.15, -0.1) is 0 Å². The van der Waals surface area contributed by atoms with Crippen LogP contribution < -0.4 is 4.74 Å². The Kier molecular flexibility index (Phi) is 4.77. The number of carboxylic acid groups (broad SMARTS) is 1. The van der Waals surface area contributed by atoms with Crippen molar-refractivity contribution in [3.8, 4) is 5.88 Å². The van der Waals surface area contributed by atoms with Crippen LogP contribution in [0.15, 0.2) is 40.9 Å². The monoisotopic (exact) mass is 304 g/mol. The molecule has 7 nitrogen and oxygen atoms in total. The highest BCUT2D eigenvalue weighted by molar-refractivity contribution is 5.94. The van der Waals surface area contributed by atoms with Crippen LogP contribution in [0.25, 0.3) is 0 Å². The molecular formula is C15H16N2O5. The number of nitrogens with zero attached hydrogens (tertiary/aromatic N) is 2. The Labute approximate surface area is 127 Å². The number of aromatic nitrogens is 1. The van der Waals surface area contributed by atoms with E-state index in [1.165, 1.54) is 25.0 Å². The van der Waals surface area contributed by atoms with E-state index >= 15 is 0 Å². The van der Waals surface area contributed by atoms with Crippen molar-refractivity contribution in [2.45, 2.75) is 19.5 Å². The van der Waals surface area contributed by atoms with Gasteiger partial charge >= 0.3 is 5.97 Å². The molecule has 0 spiro atoms. The summed E-state index contributed by atoms with van der Waals surface area (Å²) in [5.41, 5.74) is 0.815. The molecule has 0 aliphatic carbocycles. The van der Waals surface area contributed by atoms with Gasteiger partial charge in [0.2, 0.25) is 5.76 Å². The van der Waals surface area contributed by atoms with Crippen LogP contribution in [0.3, 0.4) is 0 Å². The lowest BCUT2D eigenvalue weighted by Gasteiger charge is -2.25. The maximum absolute atomic E-state index is 12.5. The molecular weight excluding hydrogens is 288 g/mol. The fraction of sp³-hybridized carbons (Fsp3) is 0.267. The van der Waals surface area contributed by atoms with Gasteiger partial charge in [0.15, 0.2) is 0 Å². The second-order valence-corrected chi connectivity index (χ2v) is 4.67. The number of carbonyl (C=O) groups is 2. The molecule has 22 heavy (non-hydrogen) atoms. The molecule has 1 N–H and O–H groups in total. The van der Waals surface area contributed by atoms with Crippen molar-refractivity contribution in [1.29, 1.82) is 0 Å².